The number of carboxylic acids is 1. The van der Waals surface area contributed by atoms with Crippen molar-refractivity contribution in [2.75, 3.05) is 5.73 Å². The van der Waals surface area contributed by atoms with E-state index in [0.717, 1.165) is 5.65 Å². The molecule has 4 aromatic heterocycles. The molecule has 0 radical (unpaired) electrons. The first kappa shape index (κ1) is 13.9. The van der Waals surface area contributed by atoms with Crippen molar-refractivity contribution < 1.29 is 14.3 Å². The molecular weight excluding hydrogens is 312 g/mol. The first-order valence-electron chi connectivity index (χ1n) is 6.87. The Morgan fingerprint density at radius 3 is 2.79 bits per heavy atom. The van der Waals surface area contributed by atoms with Crippen molar-refractivity contribution in [3.63, 3.8) is 0 Å². The van der Waals surface area contributed by atoms with Crippen LogP contribution in [0.2, 0.25) is 0 Å². The van der Waals surface area contributed by atoms with E-state index >= 15 is 0 Å². The topological polar surface area (TPSA) is 132 Å². The first-order chi connectivity index (χ1) is 11.6. The van der Waals surface area contributed by atoms with Crippen molar-refractivity contribution in [1.29, 1.82) is 0 Å². The number of nitrogen functional groups attached to an aromatic ring is 1. The third-order valence-corrected chi connectivity index (χ3v) is 3.42. The Kier molecular flexibility index (Phi) is 2.98. The number of fused-ring (bicyclic) bond motifs is 1. The van der Waals surface area contributed by atoms with E-state index in [4.69, 9.17) is 10.2 Å². The van der Waals surface area contributed by atoms with Crippen LogP contribution in [0.3, 0.4) is 0 Å². The number of imidazole rings is 1. The maximum atomic E-state index is 11.3. The largest absolute Gasteiger partial charge is 0.476 e. The molecule has 9 nitrogen and oxygen atoms in total. The molecule has 0 amide bonds. The highest BCUT2D eigenvalue weighted by molar-refractivity contribution is 5.92. The zero-order valence-corrected chi connectivity index (χ0v) is 12.1. The van der Waals surface area contributed by atoms with Crippen LogP contribution in [0.1, 0.15) is 10.5 Å². The minimum Gasteiger partial charge on any atom is -0.476 e. The summed E-state index contributed by atoms with van der Waals surface area (Å²) >= 11 is 0. The molecule has 3 N–H and O–H groups in total. The quantitative estimate of drug-likeness (QED) is 0.582. The van der Waals surface area contributed by atoms with Crippen LogP contribution in [-0.4, -0.2) is 35.4 Å². The number of hydrogen-bond acceptors (Lipinski definition) is 7. The van der Waals surface area contributed by atoms with E-state index in [1.54, 1.807) is 35.1 Å². The van der Waals surface area contributed by atoms with E-state index in [0.29, 0.717) is 11.3 Å². The summed E-state index contributed by atoms with van der Waals surface area (Å²) in [6.07, 6.45) is 8.04. The van der Waals surface area contributed by atoms with Gasteiger partial charge in [0.25, 0.3) is 0 Å². The summed E-state index contributed by atoms with van der Waals surface area (Å²) in [5.74, 6) is -1.26. The highest BCUT2D eigenvalue weighted by Gasteiger charge is 2.21. The molecule has 0 saturated heterocycles. The normalized spacial score (nSPS) is 11.0. The maximum Gasteiger partial charge on any atom is 0.358 e. The summed E-state index contributed by atoms with van der Waals surface area (Å²) in [7, 11) is 0. The van der Waals surface area contributed by atoms with Crippen molar-refractivity contribution in [3.8, 4) is 22.8 Å². The number of hydrogen-bond donors (Lipinski definition) is 2. The van der Waals surface area contributed by atoms with Crippen molar-refractivity contribution in [3.05, 3.63) is 48.9 Å². The zero-order chi connectivity index (χ0) is 16.7. The number of anilines is 1. The molecule has 0 aliphatic rings. The highest BCUT2D eigenvalue weighted by Crippen LogP contribution is 2.30. The monoisotopic (exact) mass is 322 g/mol. The van der Waals surface area contributed by atoms with Crippen LogP contribution >= 0.6 is 0 Å². The molecule has 0 aromatic carbocycles. The van der Waals surface area contributed by atoms with Gasteiger partial charge in [0.15, 0.2) is 17.2 Å². The molecule has 0 saturated carbocycles. The molecule has 9 heteroatoms. The molecule has 0 unspecified atom stereocenters. The molecule has 0 bridgehead atoms. The third-order valence-electron chi connectivity index (χ3n) is 3.42. The minimum absolute atomic E-state index is 0.201. The lowest BCUT2D eigenvalue weighted by molar-refractivity contribution is 0.0691. The number of oxazole rings is 1. The molecule has 4 rings (SSSR count). The van der Waals surface area contributed by atoms with Crippen molar-refractivity contribution in [2.24, 2.45) is 0 Å². The summed E-state index contributed by atoms with van der Waals surface area (Å²) in [6.45, 7) is 0. The molecule has 24 heavy (non-hydrogen) atoms. The number of rotatable bonds is 3. The number of carbonyl (C=O) groups is 1. The van der Waals surface area contributed by atoms with Gasteiger partial charge in [0, 0.05) is 24.2 Å². The van der Waals surface area contributed by atoms with E-state index < -0.39 is 5.97 Å². The summed E-state index contributed by atoms with van der Waals surface area (Å²) in [5, 5.41) is 9.26. The molecule has 0 spiro atoms. The molecule has 4 aromatic rings. The van der Waals surface area contributed by atoms with E-state index in [1.165, 1.54) is 12.5 Å². The lowest BCUT2D eigenvalue weighted by Crippen LogP contribution is -2.10. The molecule has 4 heterocycles. The van der Waals surface area contributed by atoms with Gasteiger partial charge >= 0.3 is 5.97 Å². The number of aromatic carboxylic acids is 1. The van der Waals surface area contributed by atoms with Crippen molar-refractivity contribution >= 4 is 17.4 Å². The van der Waals surface area contributed by atoms with Crippen molar-refractivity contribution in [1.82, 2.24) is 24.3 Å². The zero-order valence-electron chi connectivity index (χ0n) is 12.1. The van der Waals surface area contributed by atoms with Crippen LogP contribution in [0, 0.1) is 0 Å². The summed E-state index contributed by atoms with van der Waals surface area (Å²) in [5.41, 5.74) is 7.33. The van der Waals surface area contributed by atoms with Gasteiger partial charge in [-0.3, -0.25) is 0 Å². The van der Waals surface area contributed by atoms with E-state index in [2.05, 4.69) is 19.9 Å². The fourth-order valence-corrected chi connectivity index (χ4v) is 2.36. The van der Waals surface area contributed by atoms with Gasteiger partial charge in [-0.1, -0.05) is 0 Å². The second kappa shape index (κ2) is 5.16. The standard InChI is InChI=1S/C15H10N6O3/c16-13-12(15(22)23)19-10(11(20-13)14-18-4-6-24-14)8-1-2-9-17-3-5-21(9)7-8/h1-7H,(H2,16,20)(H,22,23). The lowest BCUT2D eigenvalue weighted by Gasteiger charge is -2.09. The summed E-state index contributed by atoms with van der Waals surface area (Å²) in [4.78, 5) is 27.9. The average molecular weight is 322 g/mol. The van der Waals surface area contributed by atoms with Gasteiger partial charge in [-0.15, -0.1) is 0 Å². The van der Waals surface area contributed by atoms with Gasteiger partial charge < -0.3 is 19.7 Å². The number of pyridine rings is 1. The Morgan fingerprint density at radius 2 is 2.04 bits per heavy atom. The molecule has 0 atom stereocenters. The van der Waals surface area contributed by atoms with Crippen LogP contribution in [0.4, 0.5) is 5.82 Å². The number of aromatic nitrogens is 5. The maximum absolute atomic E-state index is 11.3. The fraction of sp³-hybridized carbons (Fsp3) is 0. The lowest BCUT2D eigenvalue weighted by atomic mass is 10.1. The molecule has 0 aliphatic carbocycles. The van der Waals surface area contributed by atoms with Crippen LogP contribution < -0.4 is 5.73 Å². The van der Waals surface area contributed by atoms with Gasteiger partial charge in [-0.05, 0) is 12.1 Å². The van der Waals surface area contributed by atoms with Gasteiger partial charge in [0.05, 0.1) is 6.20 Å². The molecule has 0 aliphatic heterocycles. The number of nitrogens with zero attached hydrogens (tertiary/aromatic N) is 5. The minimum atomic E-state index is -1.26. The van der Waals surface area contributed by atoms with E-state index in [1.807, 2.05) is 0 Å². The van der Waals surface area contributed by atoms with Crippen LogP contribution in [0.25, 0.3) is 28.5 Å². The molecule has 0 fully saturated rings. The second-order valence-corrected chi connectivity index (χ2v) is 4.91. The molecular formula is C15H10N6O3. The third kappa shape index (κ3) is 2.15. The summed E-state index contributed by atoms with van der Waals surface area (Å²) < 4.78 is 7.06. The Hall–Kier alpha value is -3.75. The van der Waals surface area contributed by atoms with Crippen LogP contribution in [0.5, 0.6) is 0 Å². The highest BCUT2D eigenvalue weighted by atomic mass is 16.4. The smallest absolute Gasteiger partial charge is 0.358 e. The van der Waals surface area contributed by atoms with Crippen LogP contribution in [0.15, 0.2) is 47.6 Å². The Morgan fingerprint density at radius 1 is 1.17 bits per heavy atom. The average Bonchev–Trinajstić information content (AvgIpc) is 3.25. The van der Waals surface area contributed by atoms with Crippen LogP contribution in [-0.2, 0) is 0 Å². The predicted molar refractivity (Wildman–Crippen MR) is 83.1 cm³/mol. The van der Waals surface area contributed by atoms with Gasteiger partial charge in [0.2, 0.25) is 5.89 Å². The van der Waals surface area contributed by atoms with Gasteiger partial charge in [-0.25, -0.2) is 24.7 Å². The Balaban J connectivity index is 2.00. The van der Waals surface area contributed by atoms with Gasteiger partial charge in [-0.2, -0.15) is 0 Å². The number of nitrogens with two attached hydrogens (primary N) is 1. The number of carboxylic acid groups (broad SMARTS) is 1. The fourth-order valence-electron chi connectivity index (χ4n) is 2.36. The van der Waals surface area contributed by atoms with Crippen molar-refractivity contribution in [2.45, 2.75) is 0 Å². The van der Waals surface area contributed by atoms with E-state index in [9.17, 15) is 9.90 Å². The Bertz CT molecular complexity index is 1050. The SMILES string of the molecule is Nc1nc(-c2ncco2)c(-c2ccc3nccn3c2)nc1C(=O)O. The Labute approximate surface area is 134 Å². The molecule has 118 valence electrons. The van der Waals surface area contributed by atoms with E-state index in [-0.39, 0.29) is 23.1 Å². The second-order valence-electron chi connectivity index (χ2n) is 4.91. The predicted octanol–water partition coefficient (Wildman–Crippen LogP) is 1.73. The first-order valence-corrected chi connectivity index (χ1v) is 6.87. The van der Waals surface area contributed by atoms with Gasteiger partial charge in [0.1, 0.15) is 17.6 Å². The summed E-state index contributed by atoms with van der Waals surface area (Å²) in [6, 6.07) is 3.55.